The summed E-state index contributed by atoms with van der Waals surface area (Å²) in [5.74, 6) is 1.50. The number of rotatable bonds is 0. The first-order valence-electron chi connectivity index (χ1n) is 7.33. The van der Waals surface area contributed by atoms with Crippen LogP contribution in [0, 0.1) is 0 Å². The first kappa shape index (κ1) is 12.2. The fourth-order valence-electron chi connectivity index (χ4n) is 3.81. The summed E-state index contributed by atoms with van der Waals surface area (Å²) in [7, 11) is 6.19. The first-order chi connectivity index (χ1) is 10.7. The second-order valence-electron chi connectivity index (χ2n) is 5.97. The molecule has 5 rings (SSSR count). The largest absolute Gasteiger partial charge is 0.493 e. The van der Waals surface area contributed by atoms with Crippen molar-refractivity contribution in [1.82, 2.24) is 0 Å². The van der Waals surface area contributed by atoms with Gasteiger partial charge in [0.1, 0.15) is 31.4 Å². The van der Waals surface area contributed by atoms with E-state index >= 15 is 0 Å². The summed E-state index contributed by atoms with van der Waals surface area (Å²) in [6.45, 7) is 0.953. The van der Waals surface area contributed by atoms with E-state index in [1.807, 2.05) is 30.3 Å². The van der Waals surface area contributed by atoms with Gasteiger partial charge in [-0.15, -0.1) is 0 Å². The van der Waals surface area contributed by atoms with Crippen LogP contribution in [0.1, 0.15) is 16.7 Å². The molecular formula is C17H12BNO3. The lowest BCUT2D eigenvalue weighted by molar-refractivity contribution is -0.119. The Hall–Kier alpha value is -2.43. The summed E-state index contributed by atoms with van der Waals surface area (Å²) in [6.07, 6.45) is 0.859. The van der Waals surface area contributed by atoms with Crippen LogP contribution in [0.2, 0.25) is 0 Å². The molecule has 1 spiro atoms. The predicted octanol–water partition coefficient (Wildman–Crippen LogP) is 1.05. The SMILES string of the molecule is [B]c1cccc2c1C1(COc3cc4c(cc31)CCO4)C(=O)N2. The van der Waals surface area contributed by atoms with E-state index in [0.717, 1.165) is 34.5 Å². The van der Waals surface area contributed by atoms with Gasteiger partial charge in [0.2, 0.25) is 5.91 Å². The molecule has 106 valence electrons. The normalized spacial score (nSPS) is 23.5. The Morgan fingerprint density at radius 1 is 1.18 bits per heavy atom. The molecule has 22 heavy (non-hydrogen) atoms. The minimum Gasteiger partial charge on any atom is -0.493 e. The van der Waals surface area contributed by atoms with Gasteiger partial charge in [-0.05, 0) is 23.3 Å². The number of fused-ring (bicyclic) bond motifs is 5. The van der Waals surface area contributed by atoms with Crippen LogP contribution in [-0.2, 0) is 16.6 Å². The minimum absolute atomic E-state index is 0.0713. The maximum absolute atomic E-state index is 12.8. The van der Waals surface area contributed by atoms with E-state index in [1.165, 1.54) is 0 Å². The smallest absolute Gasteiger partial charge is 0.243 e. The van der Waals surface area contributed by atoms with E-state index < -0.39 is 5.41 Å². The maximum atomic E-state index is 12.8. The number of nitrogens with one attached hydrogen (secondary N) is 1. The van der Waals surface area contributed by atoms with Crippen LogP contribution < -0.4 is 20.3 Å². The molecule has 4 nitrogen and oxygen atoms in total. The van der Waals surface area contributed by atoms with E-state index in [-0.39, 0.29) is 12.5 Å². The highest BCUT2D eigenvalue weighted by Crippen LogP contribution is 2.51. The van der Waals surface area contributed by atoms with Gasteiger partial charge in [-0.2, -0.15) is 0 Å². The number of hydrogen-bond acceptors (Lipinski definition) is 3. The number of ether oxygens (including phenoxy) is 2. The molecule has 2 aromatic carbocycles. The highest BCUT2D eigenvalue weighted by Gasteiger charge is 2.54. The zero-order valence-electron chi connectivity index (χ0n) is 11.8. The van der Waals surface area contributed by atoms with E-state index in [1.54, 1.807) is 0 Å². The van der Waals surface area contributed by atoms with Crippen molar-refractivity contribution >= 4 is 24.9 Å². The zero-order valence-corrected chi connectivity index (χ0v) is 11.8. The molecule has 3 aliphatic heterocycles. The Balaban J connectivity index is 1.81. The highest BCUT2D eigenvalue weighted by molar-refractivity contribution is 6.35. The van der Waals surface area contributed by atoms with Gasteiger partial charge >= 0.3 is 0 Å². The van der Waals surface area contributed by atoms with Gasteiger partial charge in [-0.3, -0.25) is 4.79 Å². The lowest BCUT2D eigenvalue weighted by Gasteiger charge is -2.22. The molecule has 3 aliphatic rings. The molecule has 1 unspecified atom stereocenters. The Kier molecular flexibility index (Phi) is 2.13. The summed E-state index contributed by atoms with van der Waals surface area (Å²) in [6, 6.07) is 9.51. The molecule has 2 aromatic rings. The summed E-state index contributed by atoms with van der Waals surface area (Å²) in [5, 5.41) is 2.95. The zero-order chi connectivity index (χ0) is 14.9. The summed E-state index contributed by atoms with van der Waals surface area (Å²) < 4.78 is 11.4. The Morgan fingerprint density at radius 3 is 3.00 bits per heavy atom. The Labute approximate surface area is 128 Å². The number of carbonyl (C=O) groups is 1. The maximum Gasteiger partial charge on any atom is 0.243 e. The summed E-state index contributed by atoms with van der Waals surface area (Å²) in [4.78, 5) is 12.8. The minimum atomic E-state index is -0.840. The first-order valence-corrected chi connectivity index (χ1v) is 7.33. The molecule has 5 heteroatoms. The molecule has 0 saturated carbocycles. The van der Waals surface area contributed by atoms with Crippen molar-refractivity contribution in [2.24, 2.45) is 0 Å². The number of carbonyl (C=O) groups excluding carboxylic acids is 1. The number of anilines is 1. The topological polar surface area (TPSA) is 47.6 Å². The third-order valence-corrected chi connectivity index (χ3v) is 4.85. The quantitative estimate of drug-likeness (QED) is 0.737. The highest BCUT2D eigenvalue weighted by atomic mass is 16.5. The standard InChI is InChI=1S/C17H12BNO3/c18-11-2-1-3-12-15(11)17(16(20)19-12)8-22-14-7-13-9(4-5-21-13)6-10(14)17/h1-3,6-7H,4-5,8H2,(H,19,20). The molecule has 0 aliphatic carbocycles. The number of amides is 1. The van der Waals surface area contributed by atoms with Gasteiger partial charge in [0.25, 0.3) is 0 Å². The molecule has 0 bridgehead atoms. The van der Waals surface area contributed by atoms with Crippen molar-refractivity contribution in [3.63, 3.8) is 0 Å². The second-order valence-corrected chi connectivity index (χ2v) is 5.97. The van der Waals surface area contributed by atoms with Crippen molar-refractivity contribution in [2.75, 3.05) is 18.5 Å². The third-order valence-electron chi connectivity index (χ3n) is 4.85. The van der Waals surface area contributed by atoms with Crippen LogP contribution in [0.3, 0.4) is 0 Å². The fraction of sp³-hybridized carbons (Fsp3) is 0.235. The van der Waals surface area contributed by atoms with Crippen LogP contribution in [0.25, 0.3) is 0 Å². The molecule has 3 heterocycles. The molecule has 0 fully saturated rings. The van der Waals surface area contributed by atoms with Gasteiger partial charge in [0.05, 0.1) is 6.61 Å². The summed E-state index contributed by atoms with van der Waals surface area (Å²) >= 11 is 0. The fourth-order valence-corrected chi connectivity index (χ4v) is 3.81. The van der Waals surface area contributed by atoms with Gasteiger partial charge in [0, 0.05) is 23.7 Å². The van der Waals surface area contributed by atoms with Gasteiger partial charge in [0.15, 0.2) is 0 Å². The van der Waals surface area contributed by atoms with Crippen LogP contribution in [-0.4, -0.2) is 27.0 Å². The third kappa shape index (κ3) is 1.27. The van der Waals surface area contributed by atoms with Gasteiger partial charge in [-0.1, -0.05) is 17.6 Å². The van der Waals surface area contributed by atoms with E-state index in [0.29, 0.717) is 17.8 Å². The molecule has 1 N–H and O–H groups in total. The molecule has 1 amide bonds. The molecule has 2 radical (unpaired) electrons. The summed E-state index contributed by atoms with van der Waals surface area (Å²) in [5.41, 5.74) is 3.40. The van der Waals surface area contributed by atoms with E-state index in [2.05, 4.69) is 5.32 Å². The van der Waals surface area contributed by atoms with Gasteiger partial charge < -0.3 is 14.8 Å². The Bertz CT molecular complexity index is 848. The molecule has 0 aromatic heterocycles. The second kappa shape index (κ2) is 3.86. The average Bonchev–Trinajstić information content (AvgIpc) is 3.16. The number of benzene rings is 2. The van der Waals surface area contributed by atoms with Gasteiger partial charge in [-0.25, -0.2) is 0 Å². The van der Waals surface area contributed by atoms with Crippen LogP contribution >= 0.6 is 0 Å². The van der Waals surface area contributed by atoms with E-state index in [4.69, 9.17) is 17.3 Å². The van der Waals surface area contributed by atoms with E-state index in [9.17, 15) is 4.79 Å². The lowest BCUT2D eigenvalue weighted by atomic mass is 9.71. The number of hydrogen-bond donors (Lipinski definition) is 1. The average molecular weight is 289 g/mol. The van der Waals surface area contributed by atoms with Crippen LogP contribution in [0.4, 0.5) is 5.69 Å². The Morgan fingerprint density at radius 2 is 2.09 bits per heavy atom. The van der Waals surface area contributed by atoms with Crippen LogP contribution in [0.5, 0.6) is 11.5 Å². The molecular weight excluding hydrogens is 277 g/mol. The van der Waals surface area contributed by atoms with Crippen LogP contribution in [0.15, 0.2) is 30.3 Å². The monoisotopic (exact) mass is 289 g/mol. The van der Waals surface area contributed by atoms with Crippen molar-refractivity contribution in [3.8, 4) is 11.5 Å². The molecule has 1 atom stereocenters. The van der Waals surface area contributed by atoms with Crippen molar-refractivity contribution in [3.05, 3.63) is 47.0 Å². The molecule has 0 saturated heterocycles. The van der Waals surface area contributed by atoms with Crippen molar-refractivity contribution < 1.29 is 14.3 Å². The van der Waals surface area contributed by atoms with Crippen molar-refractivity contribution in [2.45, 2.75) is 11.8 Å². The lowest BCUT2D eigenvalue weighted by Crippen LogP contribution is -2.40. The van der Waals surface area contributed by atoms with Crippen molar-refractivity contribution in [1.29, 1.82) is 0 Å². The predicted molar refractivity (Wildman–Crippen MR) is 82.4 cm³/mol.